The van der Waals surface area contributed by atoms with Gasteiger partial charge in [-0.25, -0.2) is 0 Å². The number of ether oxygens (including phenoxy) is 1. The van der Waals surface area contributed by atoms with E-state index in [1.165, 1.54) is 4.88 Å². The van der Waals surface area contributed by atoms with Crippen molar-refractivity contribution in [3.05, 3.63) is 52.2 Å². The van der Waals surface area contributed by atoms with Crippen LogP contribution in [0.25, 0.3) is 0 Å². The minimum Gasteiger partial charge on any atom is -0.493 e. The molecule has 0 radical (unpaired) electrons. The van der Waals surface area contributed by atoms with Crippen LogP contribution in [-0.2, 0) is 6.42 Å². The van der Waals surface area contributed by atoms with Crippen LogP contribution in [0.15, 0.2) is 41.8 Å². The third-order valence-electron chi connectivity index (χ3n) is 2.83. The van der Waals surface area contributed by atoms with E-state index >= 15 is 0 Å². The first-order chi connectivity index (χ1) is 9.81. The normalized spacial score (nSPS) is 10.2. The molecule has 0 aliphatic carbocycles. The maximum absolute atomic E-state index is 12.2. The van der Waals surface area contributed by atoms with E-state index < -0.39 is 0 Å². The summed E-state index contributed by atoms with van der Waals surface area (Å²) >= 11 is 1.71. The Hall–Kier alpha value is -1.81. The van der Waals surface area contributed by atoms with E-state index in [1.807, 2.05) is 36.6 Å². The van der Waals surface area contributed by atoms with E-state index in [-0.39, 0.29) is 5.91 Å². The van der Waals surface area contributed by atoms with Gasteiger partial charge in [0.25, 0.3) is 5.91 Å². The quantitative estimate of drug-likeness (QED) is 0.847. The molecular formula is C16H19NO2S. The van der Waals surface area contributed by atoms with Crippen LogP contribution in [0.3, 0.4) is 0 Å². The smallest absolute Gasteiger partial charge is 0.255 e. The number of hydrogen-bond donors (Lipinski definition) is 1. The second kappa shape index (κ2) is 7.70. The van der Waals surface area contributed by atoms with E-state index in [2.05, 4.69) is 11.4 Å². The second-order valence-corrected chi connectivity index (χ2v) is 5.46. The van der Waals surface area contributed by atoms with Gasteiger partial charge < -0.3 is 10.1 Å². The van der Waals surface area contributed by atoms with Gasteiger partial charge in [0.2, 0.25) is 0 Å². The minimum absolute atomic E-state index is 0.0757. The van der Waals surface area contributed by atoms with E-state index in [0.717, 1.165) is 12.8 Å². The van der Waals surface area contributed by atoms with Crippen molar-refractivity contribution in [1.82, 2.24) is 5.32 Å². The Morgan fingerprint density at radius 1 is 1.25 bits per heavy atom. The summed E-state index contributed by atoms with van der Waals surface area (Å²) in [7, 11) is 0. The van der Waals surface area contributed by atoms with Gasteiger partial charge in [0.05, 0.1) is 12.2 Å². The molecule has 2 rings (SSSR count). The van der Waals surface area contributed by atoms with E-state index in [9.17, 15) is 4.79 Å². The van der Waals surface area contributed by atoms with Gasteiger partial charge in [0.15, 0.2) is 0 Å². The first-order valence-electron chi connectivity index (χ1n) is 6.83. The van der Waals surface area contributed by atoms with Crippen molar-refractivity contribution in [2.75, 3.05) is 13.2 Å². The number of thiophene rings is 1. The van der Waals surface area contributed by atoms with Gasteiger partial charge in [-0.2, -0.15) is 0 Å². The van der Waals surface area contributed by atoms with Gasteiger partial charge in [-0.1, -0.05) is 25.1 Å². The van der Waals surface area contributed by atoms with Crippen LogP contribution in [0.2, 0.25) is 0 Å². The third-order valence-corrected chi connectivity index (χ3v) is 3.77. The Kier molecular flexibility index (Phi) is 5.62. The number of para-hydroxylation sites is 1. The molecule has 0 saturated heterocycles. The summed E-state index contributed by atoms with van der Waals surface area (Å²) in [6.45, 7) is 3.31. The number of carbonyl (C=O) groups excluding carboxylic acids is 1. The molecule has 0 bridgehead atoms. The lowest BCUT2D eigenvalue weighted by atomic mass is 10.2. The Labute approximate surface area is 123 Å². The summed E-state index contributed by atoms with van der Waals surface area (Å²) in [6.07, 6.45) is 1.79. The average Bonchev–Trinajstić information content (AvgIpc) is 2.98. The van der Waals surface area contributed by atoms with Gasteiger partial charge in [-0.3, -0.25) is 4.79 Å². The van der Waals surface area contributed by atoms with Gasteiger partial charge in [-0.05, 0) is 36.4 Å². The highest BCUT2D eigenvalue weighted by molar-refractivity contribution is 7.09. The number of carbonyl (C=O) groups is 1. The fraction of sp³-hybridized carbons (Fsp3) is 0.312. The molecular weight excluding hydrogens is 270 g/mol. The van der Waals surface area contributed by atoms with Crippen LogP contribution < -0.4 is 10.1 Å². The largest absolute Gasteiger partial charge is 0.493 e. The van der Waals surface area contributed by atoms with Crippen molar-refractivity contribution in [1.29, 1.82) is 0 Å². The Morgan fingerprint density at radius 2 is 2.10 bits per heavy atom. The summed E-state index contributed by atoms with van der Waals surface area (Å²) in [5, 5.41) is 4.99. The van der Waals surface area contributed by atoms with Crippen LogP contribution in [0.4, 0.5) is 0 Å². The van der Waals surface area contributed by atoms with Gasteiger partial charge >= 0.3 is 0 Å². The van der Waals surface area contributed by atoms with E-state index in [4.69, 9.17) is 4.74 Å². The van der Waals surface area contributed by atoms with Crippen molar-refractivity contribution in [3.8, 4) is 5.75 Å². The molecule has 0 aliphatic heterocycles. The maximum atomic E-state index is 12.2. The molecule has 1 aromatic heterocycles. The van der Waals surface area contributed by atoms with E-state index in [1.54, 1.807) is 17.4 Å². The lowest BCUT2D eigenvalue weighted by molar-refractivity contribution is 0.0950. The summed E-state index contributed by atoms with van der Waals surface area (Å²) in [6, 6.07) is 11.5. The predicted molar refractivity (Wildman–Crippen MR) is 82.6 cm³/mol. The van der Waals surface area contributed by atoms with Crippen LogP contribution >= 0.6 is 11.3 Å². The maximum Gasteiger partial charge on any atom is 0.255 e. The molecule has 1 amide bonds. The highest BCUT2D eigenvalue weighted by atomic mass is 32.1. The highest BCUT2D eigenvalue weighted by Crippen LogP contribution is 2.18. The van der Waals surface area contributed by atoms with Crippen molar-refractivity contribution in [3.63, 3.8) is 0 Å². The Bertz CT molecular complexity index is 537. The number of rotatable bonds is 7. The van der Waals surface area contributed by atoms with Crippen LogP contribution in [-0.4, -0.2) is 19.1 Å². The molecule has 1 heterocycles. The Morgan fingerprint density at radius 3 is 2.85 bits per heavy atom. The van der Waals surface area contributed by atoms with Crippen molar-refractivity contribution >= 4 is 17.2 Å². The van der Waals surface area contributed by atoms with Crippen molar-refractivity contribution in [2.24, 2.45) is 0 Å². The van der Waals surface area contributed by atoms with Gasteiger partial charge in [-0.15, -0.1) is 11.3 Å². The first kappa shape index (κ1) is 14.6. The highest BCUT2D eigenvalue weighted by Gasteiger charge is 2.11. The second-order valence-electron chi connectivity index (χ2n) is 4.43. The SMILES string of the molecule is CCCOc1ccccc1C(=O)NCCc1cccs1. The molecule has 0 fully saturated rings. The summed E-state index contributed by atoms with van der Waals surface area (Å²) in [5.41, 5.74) is 0.604. The molecule has 0 saturated carbocycles. The number of hydrogen-bond acceptors (Lipinski definition) is 3. The van der Waals surface area contributed by atoms with Crippen LogP contribution in [0.1, 0.15) is 28.6 Å². The molecule has 4 heteroatoms. The topological polar surface area (TPSA) is 38.3 Å². The van der Waals surface area contributed by atoms with Crippen molar-refractivity contribution in [2.45, 2.75) is 19.8 Å². The zero-order valence-electron chi connectivity index (χ0n) is 11.6. The lowest BCUT2D eigenvalue weighted by Gasteiger charge is -2.10. The van der Waals surface area contributed by atoms with Crippen molar-refractivity contribution < 1.29 is 9.53 Å². The molecule has 1 N–H and O–H groups in total. The van der Waals surface area contributed by atoms with Crippen LogP contribution in [0, 0.1) is 0 Å². The molecule has 3 nitrogen and oxygen atoms in total. The fourth-order valence-electron chi connectivity index (χ4n) is 1.84. The Balaban J connectivity index is 1.91. The summed E-state index contributed by atoms with van der Waals surface area (Å²) in [5.74, 6) is 0.580. The zero-order chi connectivity index (χ0) is 14.2. The molecule has 0 atom stereocenters. The predicted octanol–water partition coefficient (Wildman–Crippen LogP) is 3.51. The molecule has 0 aliphatic rings. The average molecular weight is 289 g/mol. The third kappa shape index (κ3) is 4.10. The fourth-order valence-corrected chi connectivity index (χ4v) is 2.55. The molecule has 106 valence electrons. The molecule has 2 aromatic rings. The number of nitrogens with one attached hydrogen (secondary N) is 1. The molecule has 0 spiro atoms. The zero-order valence-corrected chi connectivity index (χ0v) is 12.4. The van der Waals surface area contributed by atoms with Gasteiger partial charge in [0, 0.05) is 11.4 Å². The standard InChI is InChI=1S/C16H19NO2S/c1-2-11-19-15-8-4-3-7-14(15)16(18)17-10-9-13-6-5-12-20-13/h3-8,12H,2,9-11H2,1H3,(H,17,18). The minimum atomic E-state index is -0.0757. The lowest BCUT2D eigenvalue weighted by Crippen LogP contribution is -2.26. The summed E-state index contributed by atoms with van der Waals surface area (Å²) < 4.78 is 5.60. The van der Waals surface area contributed by atoms with E-state index in [0.29, 0.717) is 24.5 Å². The van der Waals surface area contributed by atoms with Gasteiger partial charge in [0.1, 0.15) is 5.75 Å². The molecule has 1 aromatic carbocycles. The number of amides is 1. The molecule has 0 unspecified atom stereocenters. The summed E-state index contributed by atoms with van der Waals surface area (Å²) in [4.78, 5) is 13.4. The monoisotopic (exact) mass is 289 g/mol. The molecule has 20 heavy (non-hydrogen) atoms. The van der Waals surface area contributed by atoms with Crippen LogP contribution in [0.5, 0.6) is 5.75 Å². The first-order valence-corrected chi connectivity index (χ1v) is 7.71. The number of benzene rings is 1.